The number of aryl methyl sites for hydroxylation is 1. The highest BCUT2D eigenvalue weighted by atomic mass is 32.3. The Morgan fingerprint density at radius 1 is 1.17 bits per heavy atom. The third-order valence-electron chi connectivity index (χ3n) is 2.14. The minimum absolute atomic E-state index is 0.235. The smallest absolute Gasteiger partial charge is 0.199 e. The minimum Gasteiger partial charge on any atom is -0.199 e. The molecule has 0 saturated carbocycles. The van der Waals surface area contributed by atoms with E-state index in [4.69, 9.17) is 0 Å². The van der Waals surface area contributed by atoms with E-state index in [1.165, 1.54) is 0 Å². The van der Waals surface area contributed by atoms with Crippen LogP contribution in [-0.4, -0.2) is 19.9 Å². The standard InChI is InChI=1S/C13H17NO2S2/c1-4-10-17(11-5-2)14-18(15,16)13-8-6-12(3)7-9-13/h4-9H,1-2,10-11H2,3H3. The summed E-state index contributed by atoms with van der Waals surface area (Å²) in [6.45, 7) is 9.14. The van der Waals surface area contributed by atoms with Crippen LogP contribution in [0.25, 0.3) is 0 Å². The molecule has 0 bridgehead atoms. The fraction of sp³-hybridized carbons (Fsp3) is 0.231. The van der Waals surface area contributed by atoms with Gasteiger partial charge in [-0.3, -0.25) is 0 Å². The molecule has 1 aromatic rings. The molecule has 0 aliphatic carbocycles. The third-order valence-corrected chi connectivity index (χ3v) is 5.88. The first-order valence-corrected chi connectivity index (χ1v) is 8.39. The van der Waals surface area contributed by atoms with Gasteiger partial charge in [0.15, 0.2) is 0 Å². The average molecular weight is 283 g/mol. The maximum Gasteiger partial charge on any atom is 0.287 e. The van der Waals surface area contributed by atoms with Gasteiger partial charge >= 0.3 is 0 Å². The lowest BCUT2D eigenvalue weighted by atomic mass is 10.2. The molecule has 0 saturated heterocycles. The lowest BCUT2D eigenvalue weighted by molar-refractivity contribution is 0.598. The van der Waals surface area contributed by atoms with Crippen LogP contribution >= 0.6 is 0 Å². The summed E-state index contributed by atoms with van der Waals surface area (Å²) in [6.07, 6.45) is 3.36. The van der Waals surface area contributed by atoms with Gasteiger partial charge in [-0.15, -0.1) is 16.9 Å². The molecule has 0 radical (unpaired) electrons. The zero-order chi connectivity index (χ0) is 13.6. The fourth-order valence-electron chi connectivity index (χ4n) is 1.29. The summed E-state index contributed by atoms with van der Waals surface area (Å²) in [5.74, 6) is 1.11. The lowest BCUT2D eigenvalue weighted by Gasteiger charge is -2.04. The molecule has 3 nitrogen and oxygen atoms in total. The van der Waals surface area contributed by atoms with Crippen molar-refractivity contribution >= 4 is 20.7 Å². The van der Waals surface area contributed by atoms with Crippen LogP contribution in [0.15, 0.2) is 58.2 Å². The van der Waals surface area contributed by atoms with Gasteiger partial charge in [-0.05, 0) is 19.1 Å². The third kappa shape index (κ3) is 4.23. The number of benzene rings is 1. The van der Waals surface area contributed by atoms with Crippen molar-refractivity contribution in [2.45, 2.75) is 11.8 Å². The molecule has 0 heterocycles. The van der Waals surface area contributed by atoms with E-state index >= 15 is 0 Å². The van der Waals surface area contributed by atoms with Crippen molar-refractivity contribution in [1.29, 1.82) is 0 Å². The summed E-state index contributed by atoms with van der Waals surface area (Å²) in [7, 11) is -4.18. The Bertz CT molecular complexity index is 545. The predicted molar refractivity (Wildman–Crippen MR) is 78.3 cm³/mol. The van der Waals surface area contributed by atoms with E-state index in [0.29, 0.717) is 11.5 Å². The van der Waals surface area contributed by atoms with Crippen molar-refractivity contribution < 1.29 is 8.42 Å². The first kappa shape index (κ1) is 14.9. The molecule has 5 heteroatoms. The zero-order valence-electron chi connectivity index (χ0n) is 10.4. The highest BCUT2D eigenvalue weighted by molar-refractivity contribution is 8.00. The maximum atomic E-state index is 12.1. The van der Waals surface area contributed by atoms with Gasteiger partial charge in [-0.25, -0.2) is 0 Å². The van der Waals surface area contributed by atoms with E-state index in [2.05, 4.69) is 16.9 Å². The van der Waals surface area contributed by atoms with Gasteiger partial charge in [-0.1, -0.05) is 40.5 Å². The highest BCUT2D eigenvalue weighted by Gasteiger charge is 2.12. The molecular weight excluding hydrogens is 266 g/mol. The summed E-state index contributed by atoms with van der Waals surface area (Å²) < 4.78 is 28.1. The van der Waals surface area contributed by atoms with Gasteiger partial charge in [0.05, 0.1) is 4.90 Å². The molecule has 0 N–H and O–H groups in total. The second-order valence-corrected chi connectivity index (χ2v) is 7.34. The Hall–Kier alpha value is -1.20. The molecular formula is C13H17NO2S2. The average Bonchev–Trinajstić information content (AvgIpc) is 2.29. The first-order chi connectivity index (χ1) is 8.49. The molecule has 18 heavy (non-hydrogen) atoms. The highest BCUT2D eigenvalue weighted by Crippen LogP contribution is 2.14. The van der Waals surface area contributed by atoms with Gasteiger partial charge in [-0.2, -0.15) is 8.42 Å². The van der Waals surface area contributed by atoms with E-state index in [1.54, 1.807) is 36.4 Å². The van der Waals surface area contributed by atoms with Crippen LogP contribution in [-0.2, 0) is 20.7 Å². The van der Waals surface area contributed by atoms with E-state index in [9.17, 15) is 8.42 Å². The number of hydrogen-bond donors (Lipinski definition) is 0. The maximum absolute atomic E-state index is 12.1. The Morgan fingerprint density at radius 2 is 1.67 bits per heavy atom. The second kappa shape index (κ2) is 6.66. The molecule has 1 rings (SSSR count). The van der Waals surface area contributed by atoms with Gasteiger partial charge in [0.25, 0.3) is 10.0 Å². The van der Waals surface area contributed by atoms with Crippen molar-refractivity contribution in [2.24, 2.45) is 3.77 Å². The van der Waals surface area contributed by atoms with Crippen LogP contribution in [0.2, 0.25) is 0 Å². The van der Waals surface area contributed by atoms with Crippen molar-refractivity contribution in [2.75, 3.05) is 11.5 Å². The molecule has 1 aromatic carbocycles. The van der Waals surface area contributed by atoms with Crippen LogP contribution in [0.3, 0.4) is 0 Å². The Labute approximate surface area is 111 Å². The van der Waals surface area contributed by atoms with Crippen LogP contribution in [0.4, 0.5) is 0 Å². The first-order valence-electron chi connectivity index (χ1n) is 5.43. The molecule has 0 atom stereocenters. The SMILES string of the molecule is C=CCS(CC=C)=NS(=O)(=O)c1ccc(C)cc1. The molecule has 0 fully saturated rings. The zero-order valence-corrected chi connectivity index (χ0v) is 12.0. The normalized spacial score (nSPS) is 11.2. The van der Waals surface area contributed by atoms with E-state index < -0.39 is 20.7 Å². The Kier molecular flexibility index (Phi) is 5.50. The summed E-state index contributed by atoms with van der Waals surface area (Å²) in [5, 5.41) is 0. The van der Waals surface area contributed by atoms with Crippen molar-refractivity contribution in [3.8, 4) is 0 Å². The number of sulfonamides is 1. The van der Waals surface area contributed by atoms with Crippen LogP contribution in [0.1, 0.15) is 5.56 Å². The number of nitrogens with zero attached hydrogens (tertiary/aromatic N) is 1. The van der Waals surface area contributed by atoms with Crippen LogP contribution in [0.5, 0.6) is 0 Å². The summed E-state index contributed by atoms with van der Waals surface area (Å²) in [4.78, 5) is 0.235. The van der Waals surface area contributed by atoms with Crippen molar-refractivity contribution in [3.05, 3.63) is 55.1 Å². The molecule has 0 aliphatic rings. The van der Waals surface area contributed by atoms with E-state index in [1.807, 2.05) is 6.92 Å². The molecule has 0 spiro atoms. The monoisotopic (exact) mass is 283 g/mol. The Morgan fingerprint density at radius 3 is 2.11 bits per heavy atom. The fourth-order valence-corrected chi connectivity index (χ4v) is 4.39. The van der Waals surface area contributed by atoms with Gasteiger partial charge in [0.1, 0.15) is 0 Å². The van der Waals surface area contributed by atoms with Crippen LogP contribution in [0, 0.1) is 6.92 Å². The second-order valence-electron chi connectivity index (χ2n) is 3.74. The predicted octanol–water partition coefficient (Wildman–Crippen LogP) is 2.86. The van der Waals surface area contributed by atoms with Gasteiger partial charge in [0, 0.05) is 11.5 Å². The number of rotatable bonds is 6. The summed E-state index contributed by atoms with van der Waals surface area (Å²) in [6, 6.07) is 6.69. The number of hydrogen-bond acceptors (Lipinski definition) is 2. The quantitative estimate of drug-likeness (QED) is 0.754. The van der Waals surface area contributed by atoms with Gasteiger partial charge in [0.2, 0.25) is 0 Å². The summed E-state index contributed by atoms with van der Waals surface area (Å²) >= 11 is 0. The summed E-state index contributed by atoms with van der Waals surface area (Å²) in [5.41, 5.74) is 1.02. The molecule has 0 amide bonds. The van der Waals surface area contributed by atoms with Crippen molar-refractivity contribution in [1.82, 2.24) is 0 Å². The minimum atomic E-state index is -3.58. The largest absolute Gasteiger partial charge is 0.287 e. The molecule has 0 unspecified atom stereocenters. The van der Waals surface area contributed by atoms with E-state index in [0.717, 1.165) is 5.56 Å². The van der Waals surface area contributed by atoms with Gasteiger partial charge < -0.3 is 0 Å². The molecule has 0 aliphatic heterocycles. The lowest BCUT2D eigenvalue weighted by Crippen LogP contribution is -2.04. The van der Waals surface area contributed by atoms with Crippen LogP contribution < -0.4 is 0 Å². The Balaban J connectivity index is 3.12. The molecule has 98 valence electrons. The van der Waals surface area contributed by atoms with Crippen molar-refractivity contribution in [3.63, 3.8) is 0 Å². The van der Waals surface area contributed by atoms with E-state index in [-0.39, 0.29) is 4.90 Å². The molecule has 0 aromatic heterocycles. The topological polar surface area (TPSA) is 46.5 Å².